The summed E-state index contributed by atoms with van der Waals surface area (Å²) < 4.78 is 6.37. The zero-order chi connectivity index (χ0) is 16.5. The molecule has 0 saturated carbocycles. The number of nitrogens with one attached hydrogen (secondary N) is 1. The van der Waals surface area contributed by atoms with Gasteiger partial charge in [0, 0.05) is 24.7 Å². The van der Waals surface area contributed by atoms with E-state index in [2.05, 4.69) is 20.4 Å². The number of methoxy groups -OCH3 is 1. The second kappa shape index (κ2) is 5.80. The van der Waals surface area contributed by atoms with Crippen LogP contribution in [0.25, 0.3) is 17.0 Å². The first-order chi connectivity index (χ1) is 11.7. The molecular weight excluding hydrogens is 308 g/mol. The maximum absolute atomic E-state index is 11.4. The number of fused-ring (bicyclic) bond motifs is 1. The lowest BCUT2D eigenvalue weighted by Crippen LogP contribution is -2.57. The van der Waals surface area contributed by atoms with Crippen LogP contribution in [0.4, 0.5) is 10.6 Å². The van der Waals surface area contributed by atoms with Gasteiger partial charge >= 0.3 is 6.09 Å². The highest BCUT2D eigenvalue weighted by Gasteiger charge is 2.31. The van der Waals surface area contributed by atoms with Crippen LogP contribution in [0, 0.1) is 0 Å². The van der Waals surface area contributed by atoms with E-state index >= 15 is 0 Å². The van der Waals surface area contributed by atoms with Gasteiger partial charge in [-0.05, 0) is 0 Å². The van der Waals surface area contributed by atoms with Gasteiger partial charge in [0.1, 0.15) is 12.1 Å². The zero-order valence-electron chi connectivity index (χ0n) is 13.1. The molecule has 1 amide bonds. The fourth-order valence-corrected chi connectivity index (χ4v) is 2.73. The third-order valence-electron chi connectivity index (χ3n) is 3.99. The van der Waals surface area contributed by atoms with Gasteiger partial charge in [0.2, 0.25) is 0 Å². The molecule has 122 valence electrons. The fourth-order valence-electron chi connectivity index (χ4n) is 2.73. The summed E-state index contributed by atoms with van der Waals surface area (Å²) in [5.74, 6) is 1.33. The highest BCUT2D eigenvalue weighted by molar-refractivity contribution is 5.69. The van der Waals surface area contributed by atoms with Crippen molar-refractivity contribution in [2.75, 3.05) is 25.5 Å². The van der Waals surface area contributed by atoms with Crippen molar-refractivity contribution in [3.63, 3.8) is 0 Å². The van der Waals surface area contributed by atoms with E-state index in [9.17, 15) is 4.79 Å². The van der Waals surface area contributed by atoms with Crippen LogP contribution in [0.3, 0.4) is 0 Å². The number of rotatable bonds is 3. The molecule has 0 bridgehead atoms. The first-order valence-electron chi connectivity index (χ1n) is 7.60. The van der Waals surface area contributed by atoms with Gasteiger partial charge in [-0.25, -0.2) is 9.78 Å². The van der Waals surface area contributed by atoms with Crippen molar-refractivity contribution in [1.82, 2.24) is 24.5 Å². The quantitative estimate of drug-likeness (QED) is 0.788. The summed E-state index contributed by atoms with van der Waals surface area (Å²) in [5, 5.41) is 7.61. The molecule has 8 heteroatoms. The number of ether oxygens (including phenoxy) is 1. The van der Waals surface area contributed by atoms with Crippen molar-refractivity contribution < 1.29 is 9.53 Å². The molecule has 8 nitrogen and oxygen atoms in total. The van der Waals surface area contributed by atoms with Crippen molar-refractivity contribution >= 4 is 17.7 Å². The van der Waals surface area contributed by atoms with Crippen LogP contribution < -0.4 is 5.32 Å². The third-order valence-corrected chi connectivity index (χ3v) is 3.99. The lowest BCUT2D eigenvalue weighted by Gasteiger charge is -2.38. The Balaban J connectivity index is 1.61. The molecule has 1 N–H and O–H groups in total. The summed E-state index contributed by atoms with van der Waals surface area (Å²) in [6, 6.07) is 12.0. The molecule has 0 spiro atoms. The minimum Gasteiger partial charge on any atom is -0.453 e. The molecule has 1 aliphatic rings. The molecular formula is C16H16N6O2. The average molecular weight is 324 g/mol. The van der Waals surface area contributed by atoms with Crippen LogP contribution in [0.15, 0.2) is 42.7 Å². The van der Waals surface area contributed by atoms with Crippen LogP contribution in [0.1, 0.15) is 0 Å². The normalized spacial score (nSPS) is 14.5. The molecule has 1 aromatic carbocycles. The molecule has 0 aliphatic carbocycles. The number of aromatic nitrogens is 4. The van der Waals surface area contributed by atoms with Gasteiger partial charge in [-0.2, -0.15) is 14.6 Å². The molecule has 3 aromatic rings. The highest BCUT2D eigenvalue weighted by Crippen LogP contribution is 2.23. The van der Waals surface area contributed by atoms with Crippen LogP contribution in [-0.4, -0.2) is 56.8 Å². The van der Waals surface area contributed by atoms with Gasteiger partial charge in [-0.1, -0.05) is 30.3 Å². The van der Waals surface area contributed by atoms with E-state index in [4.69, 9.17) is 4.74 Å². The summed E-state index contributed by atoms with van der Waals surface area (Å²) in [6.07, 6.45) is 1.17. The largest absolute Gasteiger partial charge is 0.453 e. The molecule has 0 atom stereocenters. The predicted octanol–water partition coefficient (Wildman–Crippen LogP) is 1.65. The Morgan fingerprint density at radius 2 is 2.08 bits per heavy atom. The van der Waals surface area contributed by atoms with Gasteiger partial charge in [-0.3, -0.25) is 0 Å². The minimum atomic E-state index is -0.307. The first-order valence-corrected chi connectivity index (χ1v) is 7.60. The topological polar surface area (TPSA) is 84.6 Å². The number of carbonyl (C=O) groups excluding carboxylic acids is 1. The number of anilines is 1. The molecule has 3 heterocycles. The Morgan fingerprint density at radius 1 is 1.29 bits per heavy atom. The van der Waals surface area contributed by atoms with Crippen LogP contribution in [0.5, 0.6) is 0 Å². The minimum absolute atomic E-state index is 0.141. The maximum Gasteiger partial charge on any atom is 0.409 e. The monoisotopic (exact) mass is 324 g/mol. The van der Waals surface area contributed by atoms with E-state index in [-0.39, 0.29) is 12.1 Å². The molecule has 1 fully saturated rings. The van der Waals surface area contributed by atoms with Gasteiger partial charge in [-0.15, -0.1) is 0 Å². The van der Waals surface area contributed by atoms with E-state index in [1.54, 1.807) is 9.42 Å². The van der Waals surface area contributed by atoms with Gasteiger partial charge in [0.05, 0.1) is 18.8 Å². The second-order valence-electron chi connectivity index (χ2n) is 5.58. The van der Waals surface area contributed by atoms with E-state index in [1.165, 1.54) is 13.4 Å². The Kier molecular flexibility index (Phi) is 3.49. The van der Waals surface area contributed by atoms with Gasteiger partial charge < -0.3 is 15.0 Å². The Morgan fingerprint density at radius 3 is 2.83 bits per heavy atom. The Labute approximate surface area is 138 Å². The summed E-state index contributed by atoms with van der Waals surface area (Å²) in [6.45, 7) is 1.18. The summed E-state index contributed by atoms with van der Waals surface area (Å²) in [4.78, 5) is 21.8. The standard InChI is InChI=1S/C16H16N6O2/c1-24-16(23)21-8-12(9-21)19-14-7-13(11-5-3-2-4-6-11)20-15-17-10-18-22(14)15/h2-7,10,12,19H,8-9H2,1H3. The van der Waals surface area contributed by atoms with Crippen LogP contribution in [-0.2, 0) is 4.74 Å². The molecule has 1 aliphatic heterocycles. The van der Waals surface area contributed by atoms with Crippen LogP contribution in [0.2, 0.25) is 0 Å². The molecule has 2 aromatic heterocycles. The number of carbonyl (C=O) groups is 1. The number of hydrogen-bond acceptors (Lipinski definition) is 6. The van der Waals surface area contributed by atoms with Gasteiger partial charge in [0.25, 0.3) is 5.78 Å². The van der Waals surface area contributed by atoms with E-state index < -0.39 is 0 Å². The number of nitrogens with zero attached hydrogens (tertiary/aromatic N) is 5. The van der Waals surface area contributed by atoms with Gasteiger partial charge in [0.15, 0.2) is 0 Å². The predicted molar refractivity (Wildman–Crippen MR) is 87.6 cm³/mol. The molecule has 24 heavy (non-hydrogen) atoms. The summed E-state index contributed by atoms with van der Waals surface area (Å²) in [7, 11) is 1.39. The first kappa shape index (κ1) is 14.4. The second-order valence-corrected chi connectivity index (χ2v) is 5.58. The zero-order valence-corrected chi connectivity index (χ0v) is 13.1. The molecule has 0 radical (unpaired) electrons. The van der Waals surface area contributed by atoms with Crippen molar-refractivity contribution in [3.05, 3.63) is 42.7 Å². The van der Waals surface area contributed by atoms with E-state index in [0.717, 1.165) is 17.1 Å². The third kappa shape index (κ3) is 2.51. The van der Waals surface area contributed by atoms with Crippen molar-refractivity contribution in [2.24, 2.45) is 0 Å². The van der Waals surface area contributed by atoms with E-state index in [1.807, 2.05) is 36.4 Å². The smallest absolute Gasteiger partial charge is 0.409 e. The van der Waals surface area contributed by atoms with Crippen molar-refractivity contribution in [1.29, 1.82) is 0 Å². The lowest BCUT2D eigenvalue weighted by molar-refractivity contribution is 0.0929. The number of hydrogen-bond donors (Lipinski definition) is 1. The molecule has 4 rings (SSSR count). The number of amides is 1. The average Bonchev–Trinajstić information content (AvgIpc) is 3.06. The molecule has 0 unspecified atom stereocenters. The Hall–Kier alpha value is -3.16. The fraction of sp³-hybridized carbons (Fsp3) is 0.250. The van der Waals surface area contributed by atoms with Crippen LogP contribution >= 0.6 is 0 Å². The Bertz CT molecular complexity index is 873. The summed E-state index contributed by atoms with van der Waals surface area (Å²) in [5.41, 5.74) is 1.83. The number of benzene rings is 1. The van der Waals surface area contributed by atoms with E-state index in [0.29, 0.717) is 18.9 Å². The molecule has 1 saturated heterocycles. The lowest BCUT2D eigenvalue weighted by atomic mass is 10.1. The van der Waals surface area contributed by atoms with Crippen molar-refractivity contribution in [2.45, 2.75) is 6.04 Å². The maximum atomic E-state index is 11.4. The summed E-state index contributed by atoms with van der Waals surface area (Å²) >= 11 is 0. The number of likely N-dealkylation sites (tertiary alicyclic amines) is 1. The van der Waals surface area contributed by atoms with Crippen molar-refractivity contribution in [3.8, 4) is 11.3 Å². The SMILES string of the molecule is COC(=O)N1CC(Nc2cc(-c3ccccc3)nc3ncnn23)C1. The highest BCUT2D eigenvalue weighted by atomic mass is 16.5.